The first-order valence-electron chi connectivity index (χ1n) is 6.04. The minimum Gasteiger partial charge on any atom is -0.319 e. The van der Waals surface area contributed by atoms with Crippen LogP contribution in [0.2, 0.25) is 0 Å². The molecule has 108 valence electrons. The molecule has 6 nitrogen and oxygen atoms in total. The van der Waals surface area contributed by atoms with E-state index in [9.17, 15) is 14.9 Å². The zero-order valence-corrected chi connectivity index (χ0v) is 12.4. The van der Waals surface area contributed by atoms with E-state index in [0.717, 1.165) is 0 Å². The van der Waals surface area contributed by atoms with Crippen molar-refractivity contribution < 1.29 is 9.72 Å². The lowest BCUT2D eigenvalue weighted by Gasteiger charge is -2.12. The molecule has 1 amide bonds. The minimum atomic E-state index is -0.894. The van der Waals surface area contributed by atoms with Crippen molar-refractivity contribution in [3.05, 3.63) is 68.7 Å². The molecule has 0 spiro atoms. The molecular weight excluding hydrogens is 338 g/mol. The summed E-state index contributed by atoms with van der Waals surface area (Å²) in [4.78, 5) is 22.5. The van der Waals surface area contributed by atoms with Gasteiger partial charge in [0.05, 0.1) is 4.92 Å². The molecule has 0 aliphatic rings. The van der Waals surface area contributed by atoms with Crippen molar-refractivity contribution in [2.24, 2.45) is 5.73 Å². The van der Waals surface area contributed by atoms with Gasteiger partial charge in [-0.3, -0.25) is 14.9 Å². The second-order valence-corrected chi connectivity index (χ2v) is 5.21. The molecular formula is C14H12BrN3O3. The molecule has 0 heterocycles. The average Bonchev–Trinajstić information content (AvgIpc) is 2.49. The predicted octanol–water partition coefficient (Wildman–Crippen LogP) is 3.00. The van der Waals surface area contributed by atoms with Crippen molar-refractivity contribution in [3.63, 3.8) is 0 Å². The molecule has 1 unspecified atom stereocenters. The van der Waals surface area contributed by atoms with Gasteiger partial charge in [-0.2, -0.15) is 0 Å². The summed E-state index contributed by atoms with van der Waals surface area (Å²) < 4.78 is 0.555. The highest BCUT2D eigenvalue weighted by Gasteiger charge is 2.20. The number of nitrogens with one attached hydrogen (secondary N) is 1. The fourth-order valence-corrected chi connectivity index (χ4v) is 2.13. The van der Waals surface area contributed by atoms with Crippen LogP contribution in [0.4, 0.5) is 11.4 Å². The number of nitro groups is 1. The van der Waals surface area contributed by atoms with E-state index < -0.39 is 16.9 Å². The van der Waals surface area contributed by atoms with Gasteiger partial charge in [-0.05, 0) is 17.7 Å². The van der Waals surface area contributed by atoms with E-state index in [4.69, 9.17) is 5.73 Å². The summed E-state index contributed by atoms with van der Waals surface area (Å²) in [5.74, 6) is -0.508. The maximum Gasteiger partial charge on any atom is 0.293 e. The van der Waals surface area contributed by atoms with Crippen LogP contribution < -0.4 is 11.1 Å². The monoisotopic (exact) mass is 349 g/mol. The van der Waals surface area contributed by atoms with Crippen LogP contribution in [0.1, 0.15) is 11.6 Å². The van der Waals surface area contributed by atoms with Crippen LogP contribution in [0.3, 0.4) is 0 Å². The lowest BCUT2D eigenvalue weighted by atomic mass is 10.1. The molecule has 1 atom stereocenters. The molecule has 0 fully saturated rings. The van der Waals surface area contributed by atoms with E-state index in [0.29, 0.717) is 10.0 Å². The minimum absolute atomic E-state index is 0.111. The second kappa shape index (κ2) is 6.47. The van der Waals surface area contributed by atoms with Gasteiger partial charge in [0.1, 0.15) is 11.7 Å². The Balaban J connectivity index is 2.22. The molecule has 21 heavy (non-hydrogen) atoms. The SMILES string of the molecule is NC(C(=O)Nc1ccc(Br)cc1[N+](=O)[O-])c1ccccc1. The number of anilines is 1. The number of hydrogen-bond donors (Lipinski definition) is 2. The summed E-state index contributed by atoms with van der Waals surface area (Å²) in [5, 5.41) is 13.5. The van der Waals surface area contributed by atoms with Gasteiger partial charge >= 0.3 is 0 Å². The van der Waals surface area contributed by atoms with Crippen LogP contribution in [0.25, 0.3) is 0 Å². The van der Waals surface area contributed by atoms with Crippen molar-refractivity contribution in [2.75, 3.05) is 5.32 Å². The molecule has 3 N–H and O–H groups in total. The van der Waals surface area contributed by atoms with Gasteiger partial charge in [0.15, 0.2) is 0 Å². The average molecular weight is 350 g/mol. The third kappa shape index (κ3) is 3.65. The number of hydrogen-bond acceptors (Lipinski definition) is 4. The van der Waals surface area contributed by atoms with E-state index in [1.807, 2.05) is 6.07 Å². The molecule has 0 saturated carbocycles. The summed E-state index contributed by atoms with van der Waals surface area (Å²) in [5.41, 5.74) is 6.40. The number of carbonyl (C=O) groups is 1. The van der Waals surface area contributed by atoms with Crippen molar-refractivity contribution in [2.45, 2.75) is 6.04 Å². The topological polar surface area (TPSA) is 98.3 Å². The Morgan fingerprint density at radius 3 is 2.52 bits per heavy atom. The number of nitrogens with two attached hydrogens (primary N) is 1. The fourth-order valence-electron chi connectivity index (χ4n) is 1.78. The molecule has 0 saturated heterocycles. The van der Waals surface area contributed by atoms with Crippen molar-refractivity contribution in [3.8, 4) is 0 Å². The number of rotatable bonds is 4. The van der Waals surface area contributed by atoms with Gasteiger partial charge in [0, 0.05) is 10.5 Å². The molecule has 7 heteroatoms. The molecule has 2 rings (SSSR count). The third-order valence-corrected chi connectivity index (χ3v) is 3.35. The summed E-state index contributed by atoms with van der Waals surface area (Å²) in [6.45, 7) is 0. The zero-order valence-electron chi connectivity index (χ0n) is 10.8. The van der Waals surface area contributed by atoms with E-state index in [1.165, 1.54) is 12.1 Å². The van der Waals surface area contributed by atoms with Crippen molar-refractivity contribution in [1.82, 2.24) is 0 Å². The van der Waals surface area contributed by atoms with Gasteiger partial charge in [-0.15, -0.1) is 0 Å². The van der Waals surface area contributed by atoms with Crippen molar-refractivity contribution in [1.29, 1.82) is 0 Å². The summed E-state index contributed by atoms with van der Waals surface area (Å²) >= 11 is 3.15. The Kier molecular flexibility index (Phi) is 4.66. The fraction of sp³-hybridized carbons (Fsp3) is 0.0714. The third-order valence-electron chi connectivity index (χ3n) is 2.86. The van der Waals surface area contributed by atoms with Crippen LogP contribution in [0.15, 0.2) is 53.0 Å². The Labute approximate surface area is 129 Å². The molecule has 0 aliphatic heterocycles. The van der Waals surface area contributed by atoms with Gasteiger partial charge in [0.2, 0.25) is 5.91 Å². The Hall–Kier alpha value is -2.25. The lowest BCUT2D eigenvalue weighted by Crippen LogP contribution is -2.27. The Bertz CT molecular complexity index is 676. The number of nitrogens with zero attached hydrogens (tertiary/aromatic N) is 1. The van der Waals surface area contributed by atoms with Gasteiger partial charge < -0.3 is 11.1 Å². The highest BCUT2D eigenvalue weighted by Crippen LogP contribution is 2.28. The first-order valence-corrected chi connectivity index (χ1v) is 6.83. The predicted molar refractivity (Wildman–Crippen MR) is 82.8 cm³/mol. The van der Waals surface area contributed by atoms with E-state index in [1.54, 1.807) is 30.3 Å². The molecule has 0 bridgehead atoms. The summed E-state index contributed by atoms with van der Waals surface area (Å²) in [6, 6.07) is 12.3. The summed E-state index contributed by atoms with van der Waals surface area (Å²) in [7, 11) is 0. The van der Waals surface area contributed by atoms with Crippen LogP contribution in [-0.4, -0.2) is 10.8 Å². The molecule has 0 aliphatic carbocycles. The van der Waals surface area contributed by atoms with Crippen LogP contribution in [-0.2, 0) is 4.79 Å². The summed E-state index contributed by atoms with van der Waals surface area (Å²) in [6.07, 6.45) is 0. The molecule has 2 aromatic carbocycles. The number of nitro benzene ring substituents is 1. The highest BCUT2D eigenvalue weighted by molar-refractivity contribution is 9.10. The van der Waals surface area contributed by atoms with E-state index in [2.05, 4.69) is 21.2 Å². The Morgan fingerprint density at radius 1 is 1.24 bits per heavy atom. The van der Waals surface area contributed by atoms with Crippen LogP contribution in [0.5, 0.6) is 0 Å². The quantitative estimate of drug-likeness (QED) is 0.654. The van der Waals surface area contributed by atoms with Gasteiger partial charge in [-0.1, -0.05) is 46.3 Å². The van der Waals surface area contributed by atoms with Gasteiger partial charge in [0.25, 0.3) is 5.69 Å². The number of halogens is 1. The first kappa shape index (κ1) is 15.1. The van der Waals surface area contributed by atoms with Gasteiger partial charge in [-0.25, -0.2) is 0 Å². The standard InChI is InChI=1S/C14H12BrN3O3/c15-10-6-7-11(12(8-10)18(20)21)17-14(19)13(16)9-4-2-1-3-5-9/h1-8,13H,16H2,(H,17,19). The largest absolute Gasteiger partial charge is 0.319 e. The first-order chi connectivity index (χ1) is 9.99. The van der Waals surface area contributed by atoms with E-state index >= 15 is 0 Å². The molecule has 2 aromatic rings. The van der Waals surface area contributed by atoms with E-state index in [-0.39, 0.29) is 11.4 Å². The van der Waals surface area contributed by atoms with Crippen LogP contribution in [0, 0.1) is 10.1 Å². The smallest absolute Gasteiger partial charge is 0.293 e. The highest BCUT2D eigenvalue weighted by atomic mass is 79.9. The number of amides is 1. The maximum atomic E-state index is 12.1. The maximum absolute atomic E-state index is 12.1. The number of benzene rings is 2. The van der Waals surface area contributed by atoms with Crippen LogP contribution >= 0.6 is 15.9 Å². The normalized spacial score (nSPS) is 11.7. The van der Waals surface area contributed by atoms with Crippen molar-refractivity contribution >= 4 is 33.2 Å². The molecule has 0 aromatic heterocycles. The zero-order chi connectivity index (χ0) is 15.4. The molecule has 0 radical (unpaired) electrons. The lowest BCUT2D eigenvalue weighted by molar-refractivity contribution is -0.384. The second-order valence-electron chi connectivity index (χ2n) is 4.30. The number of carbonyl (C=O) groups excluding carboxylic acids is 1. The Morgan fingerprint density at radius 2 is 1.90 bits per heavy atom.